The number of hydrogen-bond donors (Lipinski definition) is 2. The first-order valence-electron chi connectivity index (χ1n) is 5.77. The average Bonchev–Trinajstić information content (AvgIpc) is 2.37. The second kappa shape index (κ2) is 6.58. The van der Waals surface area contributed by atoms with Crippen LogP contribution in [0.15, 0.2) is 16.9 Å². The van der Waals surface area contributed by atoms with Gasteiger partial charge in [-0.25, -0.2) is 0 Å². The van der Waals surface area contributed by atoms with E-state index in [1.54, 1.807) is 6.92 Å². The summed E-state index contributed by atoms with van der Waals surface area (Å²) >= 11 is 0. The highest BCUT2D eigenvalue weighted by Crippen LogP contribution is 2.08. The fraction of sp³-hybridized carbons (Fsp3) is 0.417. The van der Waals surface area contributed by atoms with Gasteiger partial charge in [-0.3, -0.25) is 19.4 Å². The van der Waals surface area contributed by atoms with E-state index in [2.05, 4.69) is 9.72 Å². The minimum atomic E-state index is -0.563. The first-order chi connectivity index (χ1) is 8.97. The summed E-state index contributed by atoms with van der Waals surface area (Å²) in [6.07, 6.45) is 0.0747. The number of aromatic nitrogens is 1. The highest BCUT2D eigenvalue weighted by atomic mass is 16.5. The molecule has 7 heteroatoms. The standard InChI is InChI=1S/C12H16N2O5/c1-3-14(5-4-11(17)19-2)12(18)8-6-9(15)13-10(16)7-8/h6-7H,3-5H2,1-2H3,(H2,13,15,16). The van der Waals surface area contributed by atoms with Crippen molar-refractivity contribution in [2.45, 2.75) is 13.3 Å². The summed E-state index contributed by atoms with van der Waals surface area (Å²) in [5.74, 6) is -1.22. The zero-order chi connectivity index (χ0) is 14.4. The maximum atomic E-state index is 12.1. The van der Waals surface area contributed by atoms with Gasteiger partial charge in [-0.2, -0.15) is 0 Å². The Bertz CT molecular complexity index is 523. The molecule has 0 aromatic carbocycles. The highest BCUT2D eigenvalue weighted by Gasteiger charge is 2.16. The predicted octanol–water partition coefficient (Wildman–Crippen LogP) is 0.106. The van der Waals surface area contributed by atoms with E-state index in [0.29, 0.717) is 6.54 Å². The van der Waals surface area contributed by atoms with Crippen LogP contribution < -0.4 is 5.56 Å². The van der Waals surface area contributed by atoms with Gasteiger partial charge in [-0.05, 0) is 6.92 Å². The van der Waals surface area contributed by atoms with Gasteiger partial charge in [0.25, 0.3) is 11.5 Å². The largest absolute Gasteiger partial charge is 0.494 e. The van der Waals surface area contributed by atoms with E-state index in [0.717, 1.165) is 6.07 Å². The third-order valence-corrected chi connectivity index (χ3v) is 2.56. The molecule has 0 aliphatic rings. The van der Waals surface area contributed by atoms with Crippen molar-refractivity contribution in [2.24, 2.45) is 0 Å². The summed E-state index contributed by atoms with van der Waals surface area (Å²) in [5.41, 5.74) is -0.486. The number of carbonyl (C=O) groups excluding carboxylic acids is 2. The van der Waals surface area contributed by atoms with E-state index in [-0.39, 0.29) is 24.4 Å². The van der Waals surface area contributed by atoms with Crippen LogP contribution in [0.3, 0.4) is 0 Å². The van der Waals surface area contributed by atoms with Crippen molar-refractivity contribution in [1.82, 2.24) is 9.88 Å². The van der Waals surface area contributed by atoms with Crippen LogP contribution in [0.2, 0.25) is 0 Å². The van der Waals surface area contributed by atoms with Gasteiger partial charge in [0.05, 0.1) is 19.1 Å². The number of aromatic amines is 1. The van der Waals surface area contributed by atoms with Gasteiger partial charge in [0, 0.05) is 25.2 Å². The summed E-state index contributed by atoms with van der Waals surface area (Å²) in [6, 6.07) is 2.27. The van der Waals surface area contributed by atoms with Crippen molar-refractivity contribution in [3.8, 4) is 5.88 Å². The molecule has 104 valence electrons. The number of ether oxygens (including phenoxy) is 1. The molecule has 0 fully saturated rings. The fourth-order valence-electron chi connectivity index (χ4n) is 1.57. The normalized spacial score (nSPS) is 10.0. The van der Waals surface area contributed by atoms with Crippen LogP contribution in [0.4, 0.5) is 0 Å². The second-order valence-corrected chi connectivity index (χ2v) is 3.83. The Morgan fingerprint density at radius 3 is 2.63 bits per heavy atom. The lowest BCUT2D eigenvalue weighted by atomic mass is 10.2. The second-order valence-electron chi connectivity index (χ2n) is 3.83. The number of H-pyrrole nitrogens is 1. The number of rotatable bonds is 5. The van der Waals surface area contributed by atoms with Gasteiger partial charge in [0.1, 0.15) is 0 Å². The molecular weight excluding hydrogens is 252 g/mol. The van der Waals surface area contributed by atoms with Gasteiger partial charge in [-0.15, -0.1) is 0 Å². The Kier molecular flexibility index (Phi) is 5.11. The molecular formula is C12H16N2O5. The van der Waals surface area contributed by atoms with Crippen LogP contribution in [0.1, 0.15) is 23.7 Å². The molecule has 0 radical (unpaired) electrons. The van der Waals surface area contributed by atoms with Gasteiger partial charge in [0.15, 0.2) is 5.88 Å². The van der Waals surface area contributed by atoms with Gasteiger partial charge >= 0.3 is 5.97 Å². The van der Waals surface area contributed by atoms with Gasteiger partial charge in [-0.1, -0.05) is 0 Å². The smallest absolute Gasteiger partial charge is 0.307 e. The molecule has 0 saturated heterocycles. The number of esters is 1. The number of methoxy groups -OCH3 is 1. The lowest BCUT2D eigenvalue weighted by molar-refractivity contribution is -0.140. The zero-order valence-electron chi connectivity index (χ0n) is 10.8. The van der Waals surface area contributed by atoms with Crippen molar-refractivity contribution in [1.29, 1.82) is 0 Å². The molecule has 0 bridgehead atoms. The lowest BCUT2D eigenvalue weighted by Crippen LogP contribution is -2.33. The number of amides is 1. The monoisotopic (exact) mass is 268 g/mol. The van der Waals surface area contributed by atoms with Crippen LogP contribution in [0.25, 0.3) is 0 Å². The van der Waals surface area contributed by atoms with E-state index in [1.165, 1.54) is 18.1 Å². The van der Waals surface area contributed by atoms with Crippen LogP contribution >= 0.6 is 0 Å². The molecule has 1 aromatic rings. The molecule has 0 spiro atoms. The van der Waals surface area contributed by atoms with E-state index in [1.807, 2.05) is 0 Å². The van der Waals surface area contributed by atoms with Crippen molar-refractivity contribution in [3.05, 3.63) is 28.0 Å². The number of pyridine rings is 1. The van der Waals surface area contributed by atoms with Gasteiger partial charge < -0.3 is 14.7 Å². The van der Waals surface area contributed by atoms with Crippen LogP contribution in [-0.2, 0) is 9.53 Å². The molecule has 0 unspecified atom stereocenters. The highest BCUT2D eigenvalue weighted by molar-refractivity contribution is 5.94. The van der Waals surface area contributed by atoms with Crippen LogP contribution in [0.5, 0.6) is 5.88 Å². The summed E-state index contributed by atoms with van der Waals surface area (Å²) in [6.45, 7) is 2.32. The van der Waals surface area contributed by atoms with Crippen LogP contribution in [-0.4, -0.2) is 47.1 Å². The predicted molar refractivity (Wildman–Crippen MR) is 66.9 cm³/mol. The molecule has 1 aromatic heterocycles. The number of carbonyl (C=O) groups is 2. The number of nitrogens with one attached hydrogen (secondary N) is 1. The molecule has 0 atom stereocenters. The van der Waals surface area contributed by atoms with Crippen molar-refractivity contribution in [2.75, 3.05) is 20.2 Å². The zero-order valence-corrected chi connectivity index (χ0v) is 10.8. The van der Waals surface area contributed by atoms with E-state index < -0.39 is 17.4 Å². The first-order valence-corrected chi connectivity index (χ1v) is 5.77. The number of hydrogen-bond acceptors (Lipinski definition) is 5. The topological polar surface area (TPSA) is 99.7 Å². The van der Waals surface area contributed by atoms with E-state index in [4.69, 9.17) is 0 Å². The fourth-order valence-corrected chi connectivity index (χ4v) is 1.57. The van der Waals surface area contributed by atoms with Crippen molar-refractivity contribution in [3.63, 3.8) is 0 Å². The Morgan fingerprint density at radius 1 is 1.42 bits per heavy atom. The van der Waals surface area contributed by atoms with Gasteiger partial charge in [0.2, 0.25) is 0 Å². The third kappa shape index (κ3) is 4.13. The summed E-state index contributed by atoms with van der Waals surface area (Å²) in [5, 5.41) is 9.25. The molecule has 19 heavy (non-hydrogen) atoms. The number of nitrogens with zero attached hydrogens (tertiary/aromatic N) is 1. The molecule has 0 aliphatic carbocycles. The summed E-state index contributed by atoms with van der Waals surface area (Å²) in [7, 11) is 1.27. The summed E-state index contributed by atoms with van der Waals surface area (Å²) < 4.78 is 4.50. The maximum absolute atomic E-state index is 12.1. The quantitative estimate of drug-likeness (QED) is 0.738. The molecule has 1 amide bonds. The van der Waals surface area contributed by atoms with Crippen LogP contribution in [0, 0.1) is 0 Å². The Balaban J connectivity index is 2.83. The van der Waals surface area contributed by atoms with Crippen molar-refractivity contribution < 1.29 is 19.4 Å². The molecule has 7 nitrogen and oxygen atoms in total. The molecule has 0 aliphatic heterocycles. The number of aromatic hydroxyl groups is 1. The molecule has 1 heterocycles. The lowest BCUT2D eigenvalue weighted by Gasteiger charge is -2.20. The summed E-state index contributed by atoms with van der Waals surface area (Å²) in [4.78, 5) is 37.8. The van der Waals surface area contributed by atoms with E-state index >= 15 is 0 Å². The molecule has 1 rings (SSSR count). The van der Waals surface area contributed by atoms with E-state index in [9.17, 15) is 19.5 Å². The molecule has 0 saturated carbocycles. The Hall–Kier alpha value is -2.31. The molecule has 2 N–H and O–H groups in total. The maximum Gasteiger partial charge on any atom is 0.307 e. The minimum Gasteiger partial charge on any atom is -0.494 e. The average molecular weight is 268 g/mol. The Morgan fingerprint density at radius 2 is 2.11 bits per heavy atom. The third-order valence-electron chi connectivity index (χ3n) is 2.56. The van der Waals surface area contributed by atoms with Crippen molar-refractivity contribution >= 4 is 11.9 Å². The minimum absolute atomic E-state index is 0.0747. The Labute approximate surface area is 109 Å². The first kappa shape index (κ1) is 14.7. The SMILES string of the molecule is CCN(CCC(=O)OC)C(=O)c1cc(O)[nH]c(=O)c1.